The van der Waals surface area contributed by atoms with Crippen molar-refractivity contribution in [3.63, 3.8) is 0 Å². The third-order valence-corrected chi connectivity index (χ3v) is 6.85. The Morgan fingerprint density at radius 2 is 1.45 bits per heavy atom. The van der Waals surface area contributed by atoms with Crippen molar-refractivity contribution in [3.8, 4) is 0 Å². The van der Waals surface area contributed by atoms with E-state index in [1.165, 1.54) is 0 Å². The Hall–Kier alpha value is 0.774. The minimum absolute atomic E-state index is 0. The quantitative estimate of drug-likeness (QED) is 0.537. The zero-order valence-electron chi connectivity index (χ0n) is 9.08. The topological polar surface area (TPSA) is 23.8 Å². The molecule has 0 aromatic carbocycles. The Kier molecular flexibility index (Phi) is 5.38. The molecule has 0 saturated carbocycles. The van der Waals surface area contributed by atoms with Crippen LogP contribution < -0.4 is 18.9 Å². The second-order valence-corrected chi connectivity index (χ2v) is 9.04. The van der Waals surface area contributed by atoms with Crippen LogP contribution >= 0.6 is 0 Å². The van der Waals surface area contributed by atoms with E-state index in [4.69, 9.17) is 5.40 Å². The third-order valence-electron chi connectivity index (χ3n) is 3.05. The van der Waals surface area contributed by atoms with Crippen molar-refractivity contribution in [2.24, 2.45) is 5.92 Å². The van der Waals surface area contributed by atoms with Crippen molar-refractivity contribution in [2.45, 2.75) is 45.8 Å². The molecular formula is C8H20LiNSi. The van der Waals surface area contributed by atoms with Crippen LogP contribution in [0.5, 0.6) is 0 Å². The molecule has 11 heavy (non-hydrogen) atoms. The fourth-order valence-electron chi connectivity index (χ4n) is 0.722. The summed E-state index contributed by atoms with van der Waals surface area (Å²) < 4.78 is 0. The standard InChI is InChI=1S/C8H20NSi.Li/c1-7(2)8(3,4)10(5,6)9;/h7,9H,1-6H3;/q-1;+1. The Bertz CT molecular complexity index is 116. The van der Waals surface area contributed by atoms with Crippen molar-refractivity contribution in [1.29, 1.82) is 0 Å². The van der Waals surface area contributed by atoms with Crippen molar-refractivity contribution >= 4 is 8.24 Å². The van der Waals surface area contributed by atoms with Gasteiger partial charge in [0.05, 0.1) is 0 Å². The molecule has 0 aliphatic rings. The van der Waals surface area contributed by atoms with Crippen LogP contribution in [0.15, 0.2) is 0 Å². The first-order chi connectivity index (χ1) is 4.19. The monoisotopic (exact) mass is 165 g/mol. The van der Waals surface area contributed by atoms with E-state index in [1.54, 1.807) is 0 Å². The molecule has 0 aliphatic heterocycles. The molecule has 0 rings (SSSR count). The van der Waals surface area contributed by atoms with Crippen LogP contribution in [0.4, 0.5) is 0 Å². The van der Waals surface area contributed by atoms with Crippen LogP contribution in [0.2, 0.25) is 18.1 Å². The summed E-state index contributed by atoms with van der Waals surface area (Å²) in [5.41, 5.74) is 0. The fourth-order valence-corrected chi connectivity index (χ4v) is 2.17. The third kappa shape index (κ3) is 3.33. The summed E-state index contributed by atoms with van der Waals surface area (Å²) in [7, 11) is -1.70. The molecule has 0 heterocycles. The van der Waals surface area contributed by atoms with Gasteiger partial charge in [-0.2, -0.15) is 0 Å². The van der Waals surface area contributed by atoms with Gasteiger partial charge in [-0.3, -0.25) is 0 Å². The van der Waals surface area contributed by atoms with Gasteiger partial charge in [0, 0.05) is 0 Å². The zero-order chi connectivity index (χ0) is 8.58. The number of rotatable bonds is 2. The summed E-state index contributed by atoms with van der Waals surface area (Å²) in [5.74, 6) is 0.631. The van der Waals surface area contributed by atoms with Gasteiger partial charge >= 0.3 is 18.9 Å². The molecule has 3 heteroatoms. The SMILES string of the molecule is CC(C)C(C)(C)[Si](C)(C)[NH-].[Li+]. The average Bonchev–Trinajstić information content (AvgIpc) is 1.62. The van der Waals surface area contributed by atoms with E-state index in [0.29, 0.717) is 5.92 Å². The summed E-state index contributed by atoms with van der Waals surface area (Å²) in [5, 5.41) is 8.25. The largest absolute Gasteiger partial charge is 1.00 e. The summed E-state index contributed by atoms with van der Waals surface area (Å²) >= 11 is 0. The Morgan fingerprint density at radius 3 is 1.45 bits per heavy atom. The van der Waals surface area contributed by atoms with Crippen LogP contribution in [-0.4, -0.2) is 8.24 Å². The minimum Gasteiger partial charge on any atom is -0.679 e. The molecule has 0 saturated heterocycles. The van der Waals surface area contributed by atoms with Gasteiger partial charge in [0.1, 0.15) is 0 Å². The molecule has 0 amide bonds. The number of hydrogen-bond donors (Lipinski definition) is 0. The fraction of sp³-hybridized carbons (Fsp3) is 1.00. The van der Waals surface area contributed by atoms with Crippen molar-refractivity contribution in [2.75, 3.05) is 0 Å². The smallest absolute Gasteiger partial charge is 0.679 e. The zero-order valence-corrected chi connectivity index (χ0v) is 10.1. The summed E-state index contributed by atoms with van der Waals surface area (Å²) in [6.45, 7) is 13.1. The minimum atomic E-state index is -1.70. The molecule has 0 aromatic rings. The predicted molar refractivity (Wildman–Crippen MR) is 50.7 cm³/mol. The summed E-state index contributed by atoms with van der Waals surface area (Å²) in [6.07, 6.45) is 0. The second-order valence-electron chi connectivity index (χ2n) is 4.50. The van der Waals surface area contributed by atoms with Gasteiger partial charge in [0.2, 0.25) is 0 Å². The normalized spacial score (nSPS) is 13.1. The summed E-state index contributed by atoms with van der Waals surface area (Å²) in [6, 6.07) is 0. The van der Waals surface area contributed by atoms with Crippen molar-refractivity contribution < 1.29 is 18.9 Å². The van der Waals surface area contributed by atoms with Crippen molar-refractivity contribution in [3.05, 3.63) is 5.40 Å². The Balaban J connectivity index is 0. The van der Waals surface area contributed by atoms with Gasteiger partial charge in [-0.05, 0) is 5.92 Å². The maximum Gasteiger partial charge on any atom is 1.00 e. The van der Waals surface area contributed by atoms with Gasteiger partial charge < -0.3 is 5.40 Å². The molecule has 1 N–H and O–H groups in total. The maximum atomic E-state index is 8.00. The molecule has 0 unspecified atom stereocenters. The van der Waals surface area contributed by atoms with E-state index < -0.39 is 8.24 Å². The Labute approximate surface area is 84.4 Å². The number of hydrogen-bond acceptors (Lipinski definition) is 0. The molecule has 0 aromatic heterocycles. The summed E-state index contributed by atoms with van der Waals surface area (Å²) in [4.78, 5) is 0. The van der Waals surface area contributed by atoms with E-state index in [1.807, 2.05) is 0 Å². The van der Waals surface area contributed by atoms with Crippen LogP contribution in [0.25, 0.3) is 5.40 Å². The van der Waals surface area contributed by atoms with Crippen LogP contribution in [0.1, 0.15) is 27.7 Å². The maximum absolute atomic E-state index is 8.00. The molecular weight excluding hydrogens is 145 g/mol. The Morgan fingerprint density at radius 1 is 1.18 bits per heavy atom. The molecule has 0 atom stereocenters. The van der Waals surface area contributed by atoms with Gasteiger partial charge in [-0.15, -0.1) is 0 Å². The van der Waals surface area contributed by atoms with E-state index >= 15 is 0 Å². The van der Waals surface area contributed by atoms with E-state index in [2.05, 4.69) is 40.8 Å². The predicted octanol–water partition coefficient (Wildman–Crippen LogP) is 0.684. The first-order valence-electron chi connectivity index (χ1n) is 3.94. The molecule has 0 radical (unpaired) electrons. The number of nitrogens with one attached hydrogen (secondary N) is 1. The van der Waals surface area contributed by atoms with E-state index in [0.717, 1.165) is 0 Å². The molecule has 0 spiro atoms. The van der Waals surface area contributed by atoms with Gasteiger partial charge in [0.15, 0.2) is 0 Å². The second kappa shape index (κ2) is 4.14. The van der Waals surface area contributed by atoms with E-state index in [-0.39, 0.29) is 23.9 Å². The van der Waals surface area contributed by atoms with Gasteiger partial charge in [0.25, 0.3) is 0 Å². The molecule has 62 valence electrons. The first-order valence-corrected chi connectivity index (χ1v) is 6.94. The van der Waals surface area contributed by atoms with Crippen molar-refractivity contribution in [1.82, 2.24) is 0 Å². The van der Waals surface area contributed by atoms with Gasteiger partial charge in [-0.1, -0.05) is 54.1 Å². The average molecular weight is 165 g/mol. The molecule has 0 bridgehead atoms. The molecule has 0 aliphatic carbocycles. The molecule has 0 fully saturated rings. The first kappa shape index (κ1) is 14.3. The van der Waals surface area contributed by atoms with Crippen LogP contribution in [0, 0.1) is 5.92 Å². The van der Waals surface area contributed by atoms with Gasteiger partial charge in [-0.25, -0.2) is 0 Å². The molecule has 1 nitrogen and oxygen atoms in total. The van der Waals surface area contributed by atoms with Crippen LogP contribution in [0.3, 0.4) is 0 Å². The van der Waals surface area contributed by atoms with E-state index in [9.17, 15) is 0 Å². The van der Waals surface area contributed by atoms with Crippen LogP contribution in [-0.2, 0) is 0 Å².